The first-order valence-corrected chi connectivity index (χ1v) is 24.9. The summed E-state index contributed by atoms with van der Waals surface area (Å²) in [7, 11) is -0.913. The van der Waals surface area contributed by atoms with Crippen LogP contribution in [-0.4, -0.2) is 18.8 Å². The van der Waals surface area contributed by atoms with Gasteiger partial charge >= 0.3 is 0 Å². The van der Waals surface area contributed by atoms with Crippen LogP contribution >= 0.6 is 7.92 Å². The lowest BCUT2D eigenvalue weighted by atomic mass is 9.26. The van der Waals surface area contributed by atoms with Gasteiger partial charge in [0.15, 0.2) is 0 Å². The van der Waals surface area contributed by atoms with Gasteiger partial charge in [-0.05, 0) is 120 Å². The normalized spacial score (nSPS) is 22.0. The van der Waals surface area contributed by atoms with Gasteiger partial charge < -0.3 is 19.6 Å². The molecule has 0 saturated heterocycles. The van der Waals surface area contributed by atoms with Crippen LogP contribution in [0.2, 0.25) is 5.82 Å². The van der Waals surface area contributed by atoms with Crippen molar-refractivity contribution in [3.63, 3.8) is 0 Å². The molecule has 1 saturated carbocycles. The summed E-state index contributed by atoms with van der Waals surface area (Å²) in [5, 5.41) is 4.20. The molecule has 6 aliphatic rings. The van der Waals surface area contributed by atoms with Crippen LogP contribution in [0.15, 0.2) is 224 Å². The van der Waals surface area contributed by atoms with E-state index in [9.17, 15) is 0 Å². The summed E-state index contributed by atoms with van der Waals surface area (Å²) in [5.74, 6) is 0.989. The Morgan fingerprint density at radius 3 is 1.67 bits per heavy atom. The lowest BCUT2D eigenvalue weighted by molar-refractivity contribution is 0.326. The molecule has 6 unspecified atom stereocenters. The summed E-state index contributed by atoms with van der Waals surface area (Å²) >= 11 is 0. The molecule has 4 nitrogen and oxygen atoms in total. The van der Waals surface area contributed by atoms with E-state index in [-0.39, 0.29) is 18.6 Å². The van der Waals surface area contributed by atoms with Crippen molar-refractivity contribution in [3.8, 4) is 0 Å². The van der Waals surface area contributed by atoms with Gasteiger partial charge in [0.25, 0.3) is 0 Å². The van der Waals surface area contributed by atoms with E-state index >= 15 is 0 Å². The smallest absolute Gasteiger partial charge is 0.223 e. The Kier molecular flexibility index (Phi) is 7.89. The molecule has 1 fully saturated rings. The molecule has 5 heterocycles. The lowest BCUT2D eigenvalue weighted by Crippen LogP contribution is -2.66. The average molecular weight is 863 g/mol. The summed E-state index contributed by atoms with van der Waals surface area (Å²) in [5.41, 5.74) is 18.8. The lowest BCUT2D eigenvalue weighted by Gasteiger charge is -2.56. The third-order valence-corrected chi connectivity index (χ3v) is 18.3. The van der Waals surface area contributed by atoms with Gasteiger partial charge in [-0.3, -0.25) is 0 Å². The second-order valence-corrected chi connectivity index (χ2v) is 20.9. The minimum Gasteiger partial charge on any atom is -0.339 e. The second kappa shape index (κ2) is 14.1. The van der Waals surface area contributed by atoms with Crippen molar-refractivity contribution in [1.29, 1.82) is 0 Å². The van der Waals surface area contributed by atoms with Crippen LogP contribution in [0.4, 0.5) is 56.9 Å². The molecule has 0 aromatic heterocycles. The number of hydrogen-bond donors (Lipinski definition) is 0. The highest BCUT2D eigenvalue weighted by molar-refractivity contribution is 7.80. The highest BCUT2D eigenvalue weighted by Gasteiger charge is 2.63. The van der Waals surface area contributed by atoms with E-state index in [0.29, 0.717) is 17.9 Å². The predicted molar refractivity (Wildman–Crippen MR) is 278 cm³/mol. The Bertz CT molecular complexity index is 3380. The number of anilines is 10. The topological polar surface area (TPSA) is 13.0 Å². The highest BCUT2D eigenvalue weighted by Crippen LogP contribution is 2.67. The van der Waals surface area contributed by atoms with E-state index in [1.807, 2.05) is 0 Å². The van der Waals surface area contributed by atoms with E-state index in [1.165, 1.54) is 94.8 Å². The maximum Gasteiger partial charge on any atom is 0.223 e. The van der Waals surface area contributed by atoms with Crippen LogP contribution < -0.4 is 46.4 Å². The number of fused-ring (bicyclic) bond motifs is 13. The van der Waals surface area contributed by atoms with E-state index < -0.39 is 7.92 Å². The minimum atomic E-state index is -0.913. The van der Waals surface area contributed by atoms with Gasteiger partial charge in [0.05, 0.1) is 11.4 Å². The maximum atomic E-state index is 2.79. The van der Waals surface area contributed by atoms with E-state index in [4.69, 9.17) is 0 Å². The number of nitrogens with zero attached hydrogens (tertiary/aromatic N) is 4. The van der Waals surface area contributed by atoms with E-state index in [0.717, 1.165) is 6.42 Å². The van der Waals surface area contributed by atoms with Gasteiger partial charge in [-0.25, -0.2) is 0 Å². The predicted octanol–water partition coefficient (Wildman–Crippen LogP) is 12.3. The largest absolute Gasteiger partial charge is 0.339 e. The number of para-hydroxylation sites is 6. The molecule has 0 spiro atoms. The molecule has 6 atom stereocenters. The Morgan fingerprint density at radius 2 is 0.955 bits per heavy atom. The zero-order valence-corrected chi connectivity index (χ0v) is 37.2. The van der Waals surface area contributed by atoms with Crippen LogP contribution in [0.3, 0.4) is 0 Å². The third kappa shape index (κ3) is 4.99. The molecular weight excluding hydrogens is 818 g/mol. The van der Waals surface area contributed by atoms with Gasteiger partial charge in [0, 0.05) is 80.0 Å². The van der Waals surface area contributed by atoms with Gasteiger partial charge in [-0.2, -0.15) is 0 Å². The molecule has 6 heteroatoms. The van der Waals surface area contributed by atoms with Gasteiger partial charge in [0.2, 0.25) is 6.71 Å². The second-order valence-electron chi connectivity index (χ2n) is 18.8. The molecule has 0 radical (unpaired) electrons. The molecule has 9 aromatic rings. The van der Waals surface area contributed by atoms with Gasteiger partial charge in [0.1, 0.15) is 0 Å². The molecule has 0 bridgehead atoms. The van der Waals surface area contributed by atoms with Crippen molar-refractivity contribution < 1.29 is 0 Å². The molecule has 0 amide bonds. The molecule has 9 aromatic carbocycles. The van der Waals surface area contributed by atoms with Crippen molar-refractivity contribution in [2.24, 2.45) is 0 Å². The first-order chi connectivity index (χ1) is 32.8. The quantitative estimate of drug-likeness (QED) is 0.129. The summed E-state index contributed by atoms with van der Waals surface area (Å²) in [6, 6.07) is 86.0. The van der Waals surface area contributed by atoms with Crippen molar-refractivity contribution in [2.45, 2.75) is 36.2 Å². The van der Waals surface area contributed by atoms with Crippen LogP contribution in [-0.2, 0) is 0 Å². The first-order valence-electron chi connectivity index (χ1n) is 23.6. The third-order valence-electron chi connectivity index (χ3n) is 15.8. The summed E-state index contributed by atoms with van der Waals surface area (Å²) in [6.07, 6.45) is 1.08. The average Bonchev–Trinajstić information content (AvgIpc) is 3.90. The minimum absolute atomic E-state index is 0.138. The van der Waals surface area contributed by atoms with Gasteiger partial charge in [-0.15, -0.1) is 0 Å². The highest BCUT2D eigenvalue weighted by atomic mass is 31.1. The zero-order valence-electron chi connectivity index (χ0n) is 36.3. The number of benzene rings is 9. The van der Waals surface area contributed by atoms with E-state index in [1.54, 1.807) is 0 Å². The van der Waals surface area contributed by atoms with Crippen LogP contribution in [0.1, 0.15) is 29.4 Å². The molecule has 66 heavy (non-hydrogen) atoms. The van der Waals surface area contributed by atoms with Crippen LogP contribution in [0.5, 0.6) is 0 Å². The Hall–Kier alpha value is -7.33. The Balaban J connectivity index is 1.06. The van der Waals surface area contributed by atoms with Crippen molar-refractivity contribution in [1.82, 2.24) is 0 Å². The molecule has 0 N–H and O–H groups in total. The number of rotatable bonds is 4. The summed E-state index contributed by atoms with van der Waals surface area (Å²) < 4.78 is 0. The fraction of sp³-hybridized carbons (Fsp3) is 0.100. The first kappa shape index (κ1) is 37.0. The Morgan fingerprint density at radius 1 is 0.409 bits per heavy atom. The fourth-order valence-electron chi connectivity index (χ4n) is 13.6. The number of hydrogen-bond acceptors (Lipinski definition) is 4. The molecule has 1 aliphatic carbocycles. The van der Waals surface area contributed by atoms with E-state index in [2.05, 4.69) is 244 Å². The van der Waals surface area contributed by atoms with Crippen molar-refractivity contribution in [3.05, 3.63) is 236 Å². The molecule has 15 rings (SSSR count). The zero-order chi connectivity index (χ0) is 43.0. The van der Waals surface area contributed by atoms with Crippen LogP contribution in [0, 0.1) is 0 Å². The molecule has 312 valence electrons. The fourth-order valence-corrected chi connectivity index (χ4v) is 16.2. The SMILES string of the molecule is c1ccc(N2c3ccccc3P(c3ccccc3)c3cc4c(cc32)N(c2ccccc2)c2cccc3c2B4C2C4c5ccccc5N5c6ccccc6C(CC2N3c2ccccc2)C45)cc1. The maximum absolute atomic E-state index is 2.79. The summed E-state index contributed by atoms with van der Waals surface area (Å²) in [4.78, 5) is 10.7. The Labute approximate surface area is 387 Å². The van der Waals surface area contributed by atoms with Crippen molar-refractivity contribution in [2.75, 3.05) is 19.6 Å². The summed E-state index contributed by atoms with van der Waals surface area (Å²) in [6.45, 7) is 0.138. The van der Waals surface area contributed by atoms with Crippen LogP contribution in [0.25, 0.3) is 0 Å². The monoisotopic (exact) mass is 862 g/mol. The van der Waals surface area contributed by atoms with Gasteiger partial charge in [-0.1, -0.05) is 152 Å². The molecular formula is C60H44BN4P. The molecule has 5 aliphatic heterocycles. The standard InChI is InChI=1S/C60H44BN4P/c1-5-20-39(21-6-1)62-49-32-17-18-35-55(49)66(42-26-11-4-12-27-42)56-37-46-52(38-53(56)62)63(40-22-7-2-8-23-40)50-33-19-34-51-58(50)61(46)59-54(64(51)41-24-9-3-10-25-41)36-45-43-28-13-15-30-47(43)65-48-31-16-14-29-44(48)57(59)60(45)65/h1-35,37-38,45,54,57,59-60H,36H2. The van der Waals surface area contributed by atoms with Crippen molar-refractivity contribution >= 4 is 98.3 Å².